The van der Waals surface area contributed by atoms with Crippen molar-refractivity contribution in [2.75, 3.05) is 13.1 Å². The zero-order chi connectivity index (χ0) is 12.4. The average molecular weight is 269 g/mol. The number of carbonyl (C=O) groups excluding carboxylic acids is 1. The number of nitrogens with two attached hydrogens (primary N) is 1. The Bertz CT molecular complexity index is 426. The summed E-state index contributed by atoms with van der Waals surface area (Å²) in [6.45, 7) is 5.67. The molecule has 0 radical (unpaired) electrons. The van der Waals surface area contributed by atoms with Crippen LogP contribution in [0.25, 0.3) is 0 Å². The van der Waals surface area contributed by atoms with Crippen LogP contribution < -0.4 is 5.73 Å². The van der Waals surface area contributed by atoms with Gasteiger partial charge in [-0.25, -0.2) is 0 Å². The maximum Gasteiger partial charge on any atom is 0.253 e. The van der Waals surface area contributed by atoms with Gasteiger partial charge in [-0.3, -0.25) is 4.79 Å². The molecule has 1 heterocycles. The van der Waals surface area contributed by atoms with E-state index in [1.165, 1.54) is 11.1 Å². The van der Waals surface area contributed by atoms with Gasteiger partial charge in [-0.2, -0.15) is 0 Å². The molecule has 0 bridgehead atoms. The molecule has 1 aliphatic heterocycles. The van der Waals surface area contributed by atoms with Crippen molar-refractivity contribution in [2.24, 2.45) is 5.73 Å². The maximum atomic E-state index is 12.3. The lowest BCUT2D eigenvalue weighted by atomic mass is 10.0. The van der Waals surface area contributed by atoms with Crippen LogP contribution in [0, 0.1) is 13.8 Å². The molecule has 2 N–H and O–H groups in total. The first-order valence-electron chi connectivity index (χ1n) is 6.20. The average Bonchev–Trinajstić information content (AvgIpc) is 2.33. The fraction of sp³-hybridized carbons (Fsp3) is 0.500. The quantitative estimate of drug-likeness (QED) is 0.849. The van der Waals surface area contributed by atoms with Gasteiger partial charge in [-0.05, 0) is 49.9 Å². The molecular formula is C14H21ClN2O. The molecular weight excluding hydrogens is 248 g/mol. The highest BCUT2D eigenvalue weighted by Gasteiger charge is 2.21. The lowest BCUT2D eigenvalue weighted by Crippen LogP contribution is -2.42. The number of carbonyl (C=O) groups is 1. The largest absolute Gasteiger partial charge is 0.339 e. The van der Waals surface area contributed by atoms with Crippen LogP contribution in [-0.4, -0.2) is 29.9 Å². The molecule has 3 nitrogen and oxygen atoms in total. The van der Waals surface area contributed by atoms with E-state index in [4.69, 9.17) is 5.73 Å². The minimum atomic E-state index is 0. The first kappa shape index (κ1) is 15.0. The maximum absolute atomic E-state index is 12.3. The molecule has 1 saturated heterocycles. The van der Waals surface area contributed by atoms with Crippen molar-refractivity contribution in [3.05, 3.63) is 34.9 Å². The van der Waals surface area contributed by atoms with Crippen molar-refractivity contribution in [3.63, 3.8) is 0 Å². The van der Waals surface area contributed by atoms with Crippen molar-refractivity contribution in [3.8, 4) is 0 Å². The lowest BCUT2D eigenvalue weighted by Gasteiger charge is -2.30. The van der Waals surface area contributed by atoms with Crippen LogP contribution in [0.4, 0.5) is 0 Å². The zero-order valence-electron chi connectivity index (χ0n) is 11.0. The lowest BCUT2D eigenvalue weighted by molar-refractivity contribution is 0.0714. The Kier molecular flexibility index (Phi) is 5.17. The van der Waals surface area contributed by atoms with Crippen LogP contribution >= 0.6 is 12.4 Å². The van der Waals surface area contributed by atoms with E-state index >= 15 is 0 Å². The van der Waals surface area contributed by atoms with Crippen LogP contribution in [0.1, 0.15) is 34.3 Å². The van der Waals surface area contributed by atoms with Crippen molar-refractivity contribution in [1.29, 1.82) is 0 Å². The number of hydrogen-bond donors (Lipinski definition) is 1. The van der Waals surface area contributed by atoms with Gasteiger partial charge in [-0.1, -0.05) is 6.07 Å². The van der Waals surface area contributed by atoms with E-state index in [9.17, 15) is 4.79 Å². The summed E-state index contributed by atoms with van der Waals surface area (Å²) in [4.78, 5) is 14.2. The summed E-state index contributed by atoms with van der Waals surface area (Å²) in [5.41, 5.74) is 9.03. The predicted octanol–water partition coefficient (Wildman–Crippen LogP) is 2.29. The third-order valence-corrected chi connectivity index (χ3v) is 3.58. The van der Waals surface area contributed by atoms with Crippen molar-refractivity contribution in [2.45, 2.75) is 32.7 Å². The minimum Gasteiger partial charge on any atom is -0.339 e. The van der Waals surface area contributed by atoms with Gasteiger partial charge in [0.05, 0.1) is 0 Å². The number of nitrogens with zero attached hydrogens (tertiary/aromatic N) is 1. The summed E-state index contributed by atoms with van der Waals surface area (Å²) in [5.74, 6) is 0.139. The molecule has 2 rings (SSSR count). The van der Waals surface area contributed by atoms with Crippen LogP contribution in [-0.2, 0) is 0 Å². The molecule has 0 spiro atoms. The number of benzene rings is 1. The van der Waals surface area contributed by atoms with Gasteiger partial charge in [-0.15, -0.1) is 12.4 Å². The third kappa shape index (κ3) is 3.24. The van der Waals surface area contributed by atoms with Crippen LogP contribution in [0.2, 0.25) is 0 Å². The Hall–Kier alpha value is -1.06. The zero-order valence-corrected chi connectivity index (χ0v) is 11.8. The summed E-state index contributed by atoms with van der Waals surface area (Å²) in [5, 5.41) is 0. The number of aryl methyl sites for hydroxylation is 2. The molecule has 1 aromatic rings. The fourth-order valence-corrected chi connectivity index (χ4v) is 2.16. The highest BCUT2D eigenvalue weighted by Crippen LogP contribution is 2.15. The van der Waals surface area contributed by atoms with Gasteiger partial charge in [0.1, 0.15) is 0 Å². The first-order chi connectivity index (χ1) is 8.08. The van der Waals surface area contributed by atoms with Crippen LogP contribution in [0.15, 0.2) is 18.2 Å². The standard InChI is InChI=1S/C14H20N2O.ClH/c1-10-3-4-12(9-11(10)2)14(17)16-7-5-13(15)6-8-16;/h3-4,9,13H,5-8,15H2,1-2H3;1H. The highest BCUT2D eigenvalue weighted by molar-refractivity contribution is 5.94. The molecule has 100 valence electrons. The van der Waals surface area contributed by atoms with E-state index in [1.807, 2.05) is 30.0 Å². The molecule has 0 unspecified atom stereocenters. The summed E-state index contributed by atoms with van der Waals surface area (Å²) in [7, 11) is 0. The molecule has 0 aromatic heterocycles. The van der Waals surface area contributed by atoms with Gasteiger partial charge < -0.3 is 10.6 Å². The molecule has 0 atom stereocenters. The molecule has 18 heavy (non-hydrogen) atoms. The summed E-state index contributed by atoms with van der Waals surface area (Å²) in [6, 6.07) is 6.17. The van der Waals surface area contributed by atoms with Gasteiger partial charge in [0.15, 0.2) is 0 Å². The van der Waals surface area contributed by atoms with E-state index in [1.54, 1.807) is 0 Å². The van der Waals surface area contributed by atoms with E-state index in [-0.39, 0.29) is 24.4 Å². The Balaban J connectivity index is 0.00000162. The molecule has 0 aliphatic carbocycles. The topological polar surface area (TPSA) is 46.3 Å². The first-order valence-corrected chi connectivity index (χ1v) is 6.20. The Morgan fingerprint density at radius 2 is 1.83 bits per heavy atom. The molecule has 4 heteroatoms. The van der Waals surface area contributed by atoms with Crippen LogP contribution in [0.3, 0.4) is 0 Å². The second-order valence-corrected chi connectivity index (χ2v) is 4.93. The molecule has 1 amide bonds. The second-order valence-electron chi connectivity index (χ2n) is 4.93. The third-order valence-electron chi connectivity index (χ3n) is 3.58. The van der Waals surface area contributed by atoms with E-state index in [2.05, 4.69) is 6.92 Å². The Morgan fingerprint density at radius 1 is 1.22 bits per heavy atom. The van der Waals surface area contributed by atoms with Gasteiger partial charge in [0.2, 0.25) is 0 Å². The number of rotatable bonds is 1. The SMILES string of the molecule is Cc1ccc(C(=O)N2CCC(N)CC2)cc1C.Cl. The van der Waals surface area contributed by atoms with E-state index < -0.39 is 0 Å². The molecule has 1 aromatic carbocycles. The predicted molar refractivity (Wildman–Crippen MR) is 76.3 cm³/mol. The molecule has 0 saturated carbocycles. The summed E-state index contributed by atoms with van der Waals surface area (Å²) in [6.07, 6.45) is 1.83. The highest BCUT2D eigenvalue weighted by atomic mass is 35.5. The Labute approximate surface area is 115 Å². The number of amides is 1. The number of hydrogen-bond acceptors (Lipinski definition) is 2. The molecule has 1 aliphatic rings. The van der Waals surface area contributed by atoms with Gasteiger partial charge in [0.25, 0.3) is 5.91 Å². The monoisotopic (exact) mass is 268 g/mol. The summed E-state index contributed by atoms with van der Waals surface area (Å²) >= 11 is 0. The van der Waals surface area contributed by atoms with E-state index in [0.717, 1.165) is 31.5 Å². The number of halogens is 1. The van der Waals surface area contributed by atoms with Crippen molar-refractivity contribution >= 4 is 18.3 Å². The Morgan fingerprint density at radius 3 is 2.39 bits per heavy atom. The van der Waals surface area contributed by atoms with Gasteiger partial charge >= 0.3 is 0 Å². The van der Waals surface area contributed by atoms with Crippen molar-refractivity contribution in [1.82, 2.24) is 4.90 Å². The number of piperidine rings is 1. The smallest absolute Gasteiger partial charge is 0.253 e. The van der Waals surface area contributed by atoms with Gasteiger partial charge in [0, 0.05) is 24.7 Å². The van der Waals surface area contributed by atoms with E-state index in [0.29, 0.717) is 0 Å². The summed E-state index contributed by atoms with van der Waals surface area (Å²) < 4.78 is 0. The van der Waals surface area contributed by atoms with Crippen molar-refractivity contribution < 1.29 is 4.79 Å². The fourth-order valence-electron chi connectivity index (χ4n) is 2.16. The van der Waals surface area contributed by atoms with Crippen LogP contribution in [0.5, 0.6) is 0 Å². The minimum absolute atomic E-state index is 0. The molecule has 1 fully saturated rings. The normalized spacial score (nSPS) is 16.3. The number of likely N-dealkylation sites (tertiary alicyclic amines) is 1. The second kappa shape index (κ2) is 6.21.